The Morgan fingerprint density at radius 1 is 1.10 bits per heavy atom. The molecule has 4 rings (SSSR count). The highest BCUT2D eigenvalue weighted by atomic mass is 35.5. The molecule has 0 spiro atoms. The first kappa shape index (κ1) is 21.0. The molecule has 6 nitrogen and oxygen atoms in total. The summed E-state index contributed by atoms with van der Waals surface area (Å²) < 4.78 is 12.2. The lowest BCUT2D eigenvalue weighted by Gasteiger charge is -2.34. The fourth-order valence-electron chi connectivity index (χ4n) is 3.25. The van der Waals surface area contributed by atoms with Gasteiger partial charge >= 0.3 is 0 Å². The number of hydrogen-bond donors (Lipinski definition) is 0. The Balaban J connectivity index is 1.33. The van der Waals surface area contributed by atoms with Crippen LogP contribution in [-0.4, -0.2) is 55.2 Å². The number of carbonyl (C=O) groups excluding carboxylic acids is 1. The van der Waals surface area contributed by atoms with Crippen molar-refractivity contribution < 1.29 is 14.3 Å². The maximum Gasteiger partial charge on any atom is 0.260 e. The number of thiazole rings is 1. The molecule has 1 aliphatic rings. The van der Waals surface area contributed by atoms with Gasteiger partial charge in [-0.1, -0.05) is 34.5 Å². The number of piperazine rings is 1. The van der Waals surface area contributed by atoms with E-state index in [1.165, 1.54) is 0 Å². The van der Waals surface area contributed by atoms with E-state index in [0.29, 0.717) is 35.5 Å². The van der Waals surface area contributed by atoms with Gasteiger partial charge in [0.25, 0.3) is 5.91 Å². The van der Waals surface area contributed by atoms with Gasteiger partial charge in [0.1, 0.15) is 11.5 Å². The van der Waals surface area contributed by atoms with Gasteiger partial charge in [0.15, 0.2) is 11.7 Å². The van der Waals surface area contributed by atoms with Gasteiger partial charge in [0.2, 0.25) is 0 Å². The number of anilines is 1. The standard InChI is InChI=1S/C21H21Cl2N3O3S/c1-2-28-15-4-5-17-19(12-15)30-21(24-17)26-9-7-25(8-10-26)20(27)13-29-18-6-3-14(22)11-16(18)23/h3-6,11-12H,2,7-10,13H2,1H3. The SMILES string of the molecule is CCOc1ccc2nc(N3CCN(C(=O)COc4ccc(Cl)cc4Cl)CC3)sc2c1. The molecule has 0 bridgehead atoms. The Labute approximate surface area is 188 Å². The van der Waals surface area contributed by atoms with E-state index < -0.39 is 0 Å². The summed E-state index contributed by atoms with van der Waals surface area (Å²) in [6.07, 6.45) is 0. The minimum atomic E-state index is -0.0636. The Hall–Kier alpha value is -2.22. The van der Waals surface area contributed by atoms with E-state index in [1.807, 2.05) is 25.1 Å². The molecule has 0 atom stereocenters. The van der Waals surface area contributed by atoms with Crippen molar-refractivity contribution in [2.24, 2.45) is 0 Å². The van der Waals surface area contributed by atoms with Gasteiger partial charge in [-0.2, -0.15) is 0 Å². The van der Waals surface area contributed by atoms with Crippen molar-refractivity contribution in [3.8, 4) is 11.5 Å². The Morgan fingerprint density at radius 2 is 1.90 bits per heavy atom. The van der Waals surface area contributed by atoms with E-state index >= 15 is 0 Å². The van der Waals surface area contributed by atoms with Crippen LogP contribution < -0.4 is 14.4 Å². The number of amides is 1. The second kappa shape index (κ2) is 9.29. The summed E-state index contributed by atoms with van der Waals surface area (Å²) in [5.41, 5.74) is 0.963. The second-order valence-corrected chi connectivity index (χ2v) is 8.64. The lowest BCUT2D eigenvalue weighted by molar-refractivity contribution is -0.133. The number of aromatic nitrogens is 1. The van der Waals surface area contributed by atoms with Crippen molar-refractivity contribution in [1.82, 2.24) is 9.88 Å². The molecule has 1 aromatic heterocycles. The third-order valence-corrected chi connectivity index (χ3v) is 6.42. The first-order valence-corrected chi connectivity index (χ1v) is 11.2. The van der Waals surface area contributed by atoms with Crippen molar-refractivity contribution in [3.05, 3.63) is 46.4 Å². The normalized spacial score (nSPS) is 14.2. The third kappa shape index (κ3) is 4.74. The molecule has 30 heavy (non-hydrogen) atoms. The summed E-state index contributed by atoms with van der Waals surface area (Å²) in [5, 5.41) is 1.89. The molecule has 0 aliphatic carbocycles. The smallest absolute Gasteiger partial charge is 0.260 e. The molecule has 0 unspecified atom stereocenters. The van der Waals surface area contributed by atoms with Crippen LogP contribution >= 0.6 is 34.5 Å². The molecule has 0 saturated carbocycles. The molecule has 158 valence electrons. The van der Waals surface area contributed by atoms with Crippen LogP contribution in [0.3, 0.4) is 0 Å². The summed E-state index contributed by atoms with van der Waals surface area (Å²) in [7, 11) is 0. The van der Waals surface area contributed by atoms with Gasteiger partial charge in [-0.15, -0.1) is 0 Å². The van der Waals surface area contributed by atoms with Gasteiger partial charge in [-0.25, -0.2) is 4.98 Å². The Kier molecular flexibility index (Phi) is 6.51. The number of halogens is 2. The quantitative estimate of drug-likeness (QED) is 0.526. The van der Waals surface area contributed by atoms with Crippen molar-refractivity contribution >= 4 is 55.8 Å². The number of fused-ring (bicyclic) bond motifs is 1. The van der Waals surface area contributed by atoms with Gasteiger partial charge in [0, 0.05) is 31.2 Å². The minimum Gasteiger partial charge on any atom is -0.494 e. The molecular formula is C21H21Cl2N3O3S. The molecule has 1 saturated heterocycles. The van der Waals surface area contributed by atoms with E-state index in [1.54, 1.807) is 34.4 Å². The van der Waals surface area contributed by atoms with E-state index in [4.69, 9.17) is 37.7 Å². The Bertz CT molecular complexity index is 1050. The first-order chi connectivity index (χ1) is 14.5. The summed E-state index contributed by atoms with van der Waals surface area (Å²) in [6.45, 7) is 5.26. The fourth-order valence-corrected chi connectivity index (χ4v) is 4.76. The number of rotatable bonds is 6. The van der Waals surface area contributed by atoms with E-state index in [2.05, 4.69) is 4.90 Å². The predicted molar refractivity (Wildman–Crippen MR) is 122 cm³/mol. The molecule has 2 aromatic carbocycles. The van der Waals surface area contributed by atoms with Crippen molar-refractivity contribution in [2.75, 3.05) is 44.3 Å². The number of ether oxygens (including phenoxy) is 2. The maximum atomic E-state index is 12.5. The minimum absolute atomic E-state index is 0.0529. The maximum absolute atomic E-state index is 12.5. The Morgan fingerprint density at radius 3 is 2.63 bits per heavy atom. The molecule has 9 heteroatoms. The summed E-state index contributed by atoms with van der Waals surface area (Å²) in [6, 6.07) is 10.9. The van der Waals surface area contributed by atoms with Crippen molar-refractivity contribution in [2.45, 2.75) is 6.92 Å². The highest BCUT2D eigenvalue weighted by Crippen LogP contribution is 2.32. The van der Waals surface area contributed by atoms with Crippen LogP contribution in [0.1, 0.15) is 6.92 Å². The van der Waals surface area contributed by atoms with Gasteiger partial charge < -0.3 is 19.3 Å². The number of benzene rings is 2. The van der Waals surface area contributed by atoms with Crippen LogP contribution in [0.4, 0.5) is 5.13 Å². The zero-order valence-electron chi connectivity index (χ0n) is 16.4. The number of carbonyl (C=O) groups is 1. The lowest BCUT2D eigenvalue weighted by atomic mass is 10.3. The van der Waals surface area contributed by atoms with E-state index in [9.17, 15) is 4.79 Å². The molecule has 3 aromatic rings. The summed E-state index contributed by atoms with van der Waals surface area (Å²) in [4.78, 5) is 21.3. The molecule has 1 aliphatic heterocycles. The first-order valence-electron chi connectivity index (χ1n) is 9.67. The molecule has 1 fully saturated rings. The van der Waals surface area contributed by atoms with Crippen LogP contribution in [0.2, 0.25) is 10.0 Å². The van der Waals surface area contributed by atoms with Crippen LogP contribution in [0.15, 0.2) is 36.4 Å². The van der Waals surface area contributed by atoms with Crippen molar-refractivity contribution in [1.29, 1.82) is 0 Å². The largest absolute Gasteiger partial charge is 0.494 e. The zero-order valence-corrected chi connectivity index (χ0v) is 18.8. The topological polar surface area (TPSA) is 54.9 Å². The molecule has 1 amide bonds. The fraction of sp³-hybridized carbons (Fsp3) is 0.333. The second-order valence-electron chi connectivity index (χ2n) is 6.79. The lowest BCUT2D eigenvalue weighted by Crippen LogP contribution is -2.50. The highest BCUT2D eigenvalue weighted by Gasteiger charge is 2.23. The molecule has 2 heterocycles. The van der Waals surface area contributed by atoms with Crippen LogP contribution in [0.5, 0.6) is 11.5 Å². The van der Waals surface area contributed by atoms with E-state index in [-0.39, 0.29) is 12.5 Å². The van der Waals surface area contributed by atoms with Gasteiger partial charge in [-0.05, 0) is 43.3 Å². The monoisotopic (exact) mass is 465 g/mol. The third-order valence-electron chi connectivity index (χ3n) is 4.81. The number of hydrogen-bond acceptors (Lipinski definition) is 6. The van der Waals surface area contributed by atoms with E-state index in [0.717, 1.165) is 34.2 Å². The number of nitrogens with zero attached hydrogens (tertiary/aromatic N) is 3. The predicted octanol–water partition coefficient (Wildman–Crippen LogP) is 4.73. The average molecular weight is 466 g/mol. The van der Waals surface area contributed by atoms with Crippen LogP contribution in [0.25, 0.3) is 10.2 Å². The molecule has 0 N–H and O–H groups in total. The summed E-state index contributed by atoms with van der Waals surface area (Å²) in [5.74, 6) is 1.25. The highest BCUT2D eigenvalue weighted by molar-refractivity contribution is 7.22. The molecular weight excluding hydrogens is 445 g/mol. The van der Waals surface area contributed by atoms with Crippen LogP contribution in [-0.2, 0) is 4.79 Å². The zero-order chi connectivity index (χ0) is 21.1. The van der Waals surface area contributed by atoms with Gasteiger partial charge in [-0.3, -0.25) is 4.79 Å². The van der Waals surface area contributed by atoms with Crippen molar-refractivity contribution in [3.63, 3.8) is 0 Å². The van der Waals surface area contributed by atoms with Gasteiger partial charge in [0.05, 0.1) is 21.8 Å². The van der Waals surface area contributed by atoms with Crippen LogP contribution in [0, 0.1) is 0 Å². The molecule has 0 radical (unpaired) electrons. The summed E-state index contributed by atoms with van der Waals surface area (Å²) >= 11 is 13.6. The average Bonchev–Trinajstić information content (AvgIpc) is 3.17.